The largest absolute Gasteiger partial charge is 0.309 e. The molecule has 5 heterocycles. The average Bonchev–Trinajstić information content (AvgIpc) is 3.70. The van der Waals surface area contributed by atoms with Gasteiger partial charge in [0.1, 0.15) is 26.2 Å². The summed E-state index contributed by atoms with van der Waals surface area (Å²) in [5.41, 5.74) is 12.7. The number of fused-ring (bicyclic) bond motifs is 15. The SMILES string of the molecule is Clc1c(Cl)c(Cl)c2c(c1Cl)O[P-]13(Oc4ccc5ccccc5c4-c4c(ccc5ccccc45)O1)(O2)Oc1c(Cl)c(Cl)c(Cl)c(Cl)c1O3.c1ccc2c(c1)C[N+]1(Cc3ccccc3-2)Cc2ccccc2-c2ccccc2C1. The third-order valence-electron chi connectivity index (χ3n) is 14.8. The normalized spacial score (nSPS) is 17.5. The Hall–Kier alpha value is -5.77. The van der Waals surface area contributed by atoms with E-state index in [0.29, 0.717) is 11.1 Å². The van der Waals surface area contributed by atoms with Gasteiger partial charge in [0.2, 0.25) is 0 Å². The molecule has 0 saturated carbocycles. The Morgan fingerprint density at radius 3 is 0.882 bits per heavy atom. The average molecular weight is 1180 g/mol. The summed E-state index contributed by atoms with van der Waals surface area (Å²) < 4.78 is 41.6. The van der Waals surface area contributed by atoms with Crippen LogP contribution in [0.1, 0.15) is 22.3 Å². The van der Waals surface area contributed by atoms with Crippen molar-refractivity contribution in [2.75, 3.05) is 0 Å². The number of rotatable bonds is 0. The minimum absolute atomic E-state index is 0.137. The molecule has 378 valence electrons. The van der Waals surface area contributed by atoms with Crippen molar-refractivity contribution in [2.45, 2.75) is 26.2 Å². The van der Waals surface area contributed by atoms with Crippen LogP contribution in [0.25, 0.3) is 54.9 Å². The molecule has 0 fully saturated rings. The Morgan fingerprint density at radius 2 is 0.566 bits per heavy atom. The molecule has 0 aromatic heterocycles. The number of benzene rings is 10. The van der Waals surface area contributed by atoms with E-state index in [2.05, 4.69) is 97.1 Å². The zero-order chi connectivity index (χ0) is 51.9. The number of hydrogen-bond acceptors (Lipinski definition) is 6. The van der Waals surface area contributed by atoms with E-state index >= 15 is 0 Å². The topological polar surface area (TPSA) is 55.4 Å². The van der Waals surface area contributed by atoms with E-state index < -0.39 is 7.31 Å². The second kappa shape index (κ2) is 17.1. The molecule has 16 heteroatoms. The summed E-state index contributed by atoms with van der Waals surface area (Å²) in [6.45, 7) is 4.25. The van der Waals surface area contributed by atoms with E-state index in [0.717, 1.165) is 52.2 Å². The third-order valence-corrected chi connectivity index (χ3v) is 21.6. The first kappa shape index (κ1) is 48.6. The predicted octanol–water partition coefficient (Wildman–Crippen LogP) is 20.7. The fourth-order valence-corrected chi connectivity index (χ4v) is 17.4. The van der Waals surface area contributed by atoms with E-state index in [1.165, 1.54) is 44.5 Å². The molecule has 10 aromatic carbocycles. The van der Waals surface area contributed by atoms with Crippen LogP contribution in [0, 0.1) is 0 Å². The van der Waals surface area contributed by atoms with E-state index in [1.807, 2.05) is 60.7 Å². The van der Waals surface area contributed by atoms with Gasteiger partial charge in [-0.25, -0.2) is 0 Å². The molecule has 0 unspecified atom stereocenters. The van der Waals surface area contributed by atoms with E-state index in [-0.39, 0.29) is 74.7 Å². The van der Waals surface area contributed by atoms with Crippen molar-refractivity contribution in [1.29, 1.82) is 0 Å². The number of nitrogens with zero attached hydrogens (tertiary/aromatic N) is 1. The van der Waals surface area contributed by atoms with Gasteiger partial charge < -0.3 is 4.48 Å². The van der Waals surface area contributed by atoms with Crippen LogP contribution in [-0.2, 0) is 26.2 Å². The maximum atomic E-state index is 6.94. The first-order valence-electron chi connectivity index (χ1n) is 24.0. The standard InChI is InChI=1S/C32H12Cl8O6P.C28H24N/c33-21-22(34)26(38)30-29(25(21)37)43-47(44-30,45-31-27(39)23(35)24(36)28(40)32(31)46-47)41-17-11-9-13-5-1-3-7-15(13)19(17)20-16-8-4-2-6-14(16)10-12-18(20)42-47;1-5-13-25-21(9-1)17-29(18-22-10-2-6-14-26(22)25)19-23-11-3-7-15-27(23)28-16-8-4-12-24(28)20-29/h1-12H;1-16H,17-20H2/q-1;+1. The van der Waals surface area contributed by atoms with Crippen molar-refractivity contribution in [3.05, 3.63) is 232 Å². The first-order valence-corrected chi connectivity index (χ1v) is 29.3. The van der Waals surface area contributed by atoms with Crippen molar-refractivity contribution >= 4 is 122 Å². The van der Waals surface area contributed by atoms with Crippen LogP contribution in [0.2, 0.25) is 40.2 Å². The van der Waals surface area contributed by atoms with Crippen molar-refractivity contribution in [3.63, 3.8) is 0 Å². The molecule has 0 bridgehead atoms. The molecule has 7 nitrogen and oxygen atoms in total. The van der Waals surface area contributed by atoms with Gasteiger partial charge >= 0.3 is 307 Å². The van der Waals surface area contributed by atoms with Crippen LogP contribution in [-0.4, -0.2) is 4.48 Å². The van der Waals surface area contributed by atoms with Gasteiger partial charge in [0.15, 0.2) is 0 Å². The van der Waals surface area contributed by atoms with Crippen molar-refractivity contribution in [3.8, 4) is 67.9 Å². The van der Waals surface area contributed by atoms with Gasteiger partial charge in [0.25, 0.3) is 0 Å². The quantitative estimate of drug-likeness (QED) is 0.0653. The van der Waals surface area contributed by atoms with Gasteiger partial charge in [-0.1, -0.05) is 97.1 Å². The summed E-state index contributed by atoms with van der Waals surface area (Å²) in [5.74, 6) is -0.639. The molecular weight excluding hydrogens is 1150 g/mol. The smallest absolute Gasteiger partial charge is 0.106 e. The molecule has 5 aliphatic heterocycles. The molecule has 0 atom stereocenters. The molecule has 0 radical (unpaired) electrons. The number of quaternary nitrogens is 1. The summed E-state index contributed by atoms with van der Waals surface area (Å²) in [7, 11) is -6.93. The Kier molecular flexibility index (Phi) is 10.9. The Morgan fingerprint density at radius 1 is 0.289 bits per heavy atom. The van der Waals surface area contributed by atoms with Crippen LogP contribution >= 0.6 is 100 Å². The molecule has 2 spiro atoms. The second-order valence-electron chi connectivity index (χ2n) is 19.4. The van der Waals surface area contributed by atoms with Crippen LogP contribution < -0.4 is 27.1 Å². The molecule has 15 rings (SSSR count). The van der Waals surface area contributed by atoms with E-state index in [1.54, 1.807) is 12.1 Å². The van der Waals surface area contributed by atoms with Crippen molar-refractivity contribution < 1.29 is 31.6 Å². The van der Waals surface area contributed by atoms with E-state index in [4.69, 9.17) is 120 Å². The minimum Gasteiger partial charge on any atom is -0.309 e. The summed E-state index contributed by atoms with van der Waals surface area (Å²) in [6.07, 6.45) is 0. The van der Waals surface area contributed by atoms with Gasteiger partial charge in [-0.15, -0.1) is 0 Å². The minimum atomic E-state index is -6.93. The van der Waals surface area contributed by atoms with Crippen LogP contribution in [0.15, 0.2) is 170 Å². The van der Waals surface area contributed by atoms with Gasteiger partial charge in [-0.2, -0.15) is 0 Å². The molecule has 0 aliphatic carbocycles. The maximum Gasteiger partial charge on any atom is 0.106 e. The zero-order valence-corrected chi connectivity index (χ0v) is 46.3. The van der Waals surface area contributed by atoms with Crippen molar-refractivity contribution in [2.24, 2.45) is 0 Å². The number of hydrogen-bond donors (Lipinski definition) is 0. The van der Waals surface area contributed by atoms with Crippen LogP contribution in [0.5, 0.6) is 34.5 Å². The molecule has 0 N–H and O–H groups in total. The first-order chi connectivity index (χ1) is 36.7. The molecule has 76 heavy (non-hydrogen) atoms. The summed E-state index contributed by atoms with van der Waals surface area (Å²) in [4.78, 5) is 0. The fraction of sp³-hybridized carbons (Fsp3) is 0.0667. The van der Waals surface area contributed by atoms with Gasteiger partial charge in [-0.05, 0) is 22.3 Å². The summed E-state index contributed by atoms with van der Waals surface area (Å²) in [5, 5.41) is 2.08. The Bertz CT molecular complexity index is 3780. The second-order valence-corrected chi connectivity index (χ2v) is 25.8. The zero-order valence-electron chi connectivity index (χ0n) is 39.4. The predicted molar refractivity (Wildman–Crippen MR) is 309 cm³/mol. The Balaban J connectivity index is 0.000000155. The Labute approximate surface area is 475 Å². The monoisotopic (exact) mass is 1180 g/mol. The van der Waals surface area contributed by atoms with E-state index in [9.17, 15) is 0 Å². The molecule has 5 aliphatic rings. The molecular formula is C60H36Cl8NO6P. The number of halogens is 8. The van der Waals surface area contributed by atoms with Gasteiger partial charge in [0, 0.05) is 22.3 Å². The van der Waals surface area contributed by atoms with Gasteiger partial charge in [0.05, 0.1) is 0 Å². The summed E-state index contributed by atoms with van der Waals surface area (Å²) >= 11 is 52.8. The van der Waals surface area contributed by atoms with Crippen LogP contribution in [0.3, 0.4) is 0 Å². The molecule has 0 saturated heterocycles. The maximum absolute atomic E-state index is 6.94. The molecule has 0 amide bonds. The fourth-order valence-electron chi connectivity index (χ4n) is 11.6. The van der Waals surface area contributed by atoms with Gasteiger partial charge in [-0.3, -0.25) is 0 Å². The molecule has 10 aromatic rings. The van der Waals surface area contributed by atoms with Crippen LogP contribution in [0.4, 0.5) is 0 Å². The summed E-state index contributed by atoms with van der Waals surface area (Å²) in [6, 6.07) is 58.7. The van der Waals surface area contributed by atoms with Crippen molar-refractivity contribution in [1.82, 2.24) is 0 Å². The third kappa shape index (κ3) is 7.11.